The second kappa shape index (κ2) is 8.05. The Morgan fingerprint density at radius 3 is 2.65 bits per heavy atom. The van der Waals surface area contributed by atoms with Gasteiger partial charge in [-0.05, 0) is 38.1 Å². The zero-order valence-corrected chi connectivity index (χ0v) is 15.4. The Balaban J connectivity index is 1.62. The van der Waals surface area contributed by atoms with Gasteiger partial charge in [0.25, 0.3) is 0 Å². The summed E-state index contributed by atoms with van der Waals surface area (Å²) in [6, 6.07) is 11.3. The average molecular weight is 369 g/mol. The van der Waals surface area contributed by atoms with E-state index < -0.39 is 10.8 Å². The van der Waals surface area contributed by atoms with Gasteiger partial charge in [0.1, 0.15) is 11.5 Å². The van der Waals surface area contributed by atoms with Gasteiger partial charge in [0.15, 0.2) is 0 Å². The number of amides is 1. The number of carbonyl (C=O) groups excluding carboxylic acids is 1. The maximum absolute atomic E-state index is 12.3. The summed E-state index contributed by atoms with van der Waals surface area (Å²) in [6.45, 7) is 3.79. The van der Waals surface area contributed by atoms with Crippen molar-refractivity contribution in [1.29, 1.82) is 0 Å². The van der Waals surface area contributed by atoms with Crippen molar-refractivity contribution in [3.05, 3.63) is 65.8 Å². The molecule has 6 nitrogen and oxygen atoms in total. The van der Waals surface area contributed by atoms with Crippen molar-refractivity contribution in [2.75, 3.05) is 11.1 Å². The third kappa shape index (κ3) is 4.64. The first-order valence-corrected chi connectivity index (χ1v) is 9.58. The lowest BCUT2D eigenvalue weighted by atomic mass is 10.1. The quantitative estimate of drug-likeness (QED) is 0.721. The highest BCUT2D eigenvalue weighted by atomic mass is 32.2. The van der Waals surface area contributed by atoms with Crippen LogP contribution < -0.4 is 5.32 Å². The summed E-state index contributed by atoms with van der Waals surface area (Å²) in [7, 11) is -1.39. The normalized spacial score (nSPS) is 11.9. The fraction of sp³-hybridized carbons (Fsp3) is 0.211. The average Bonchev–Trinajstić information content (AvgIpc) is 2.96. The van der Waals surface area contributed by atoms with Gasteiger partial charge in [0.05, 0.1) is 23.3 Å². The fourth-order valence-electron chi connectivity index (χ4n) is 2.37. The van der Waals surface area contributed by atoms with Crippen molar-refractivity contribution in [3.8, 4) is 11.5 Å². The van der Waals surface area contributed by atoms with Crippen LogP contribution in [-0.2, 0) is 21.3 Å². The maximum atomic E-state index is 12.3. The summed E-state index contributed by atoms with van der Waals surface area (Å²) in [4.78, 5) is 20.3. The molecule has 0 saturated carbocycles. The minimum Gasteiger partial charge on any atom is -0.441 e. The third-order valence-electron chi connectivity index (χ3n) is 3.73. The first-order chi connectivity index (χ1) is 12.5. The molecule has 0 fully saturated rings. The van der Waals surface area contributed by atoms with Crippen LogP contribution in [0.25, 0.3) is 11.5 Å². The van der Waals surface area contributed by atoms with Crippen LogP contribution in [0.3, 0.4) is 0 Å². The van der Waals surface area contributed by atoms with E-state index in [9.17, 15) is 9.00 Å². The molecule has 0 aliphatic carbocycles. The summed E-state index contributed by atoms with van der Waals surface area (Å²) in [6.07, 6.45) is 3.16. The monoisotopic (exact) mass is 369 g/mol. The largest absolute Gasteiger partial charge is 0.441 e. The van der Waals surface area contributed by atoms with Gasteiger partial charge in [0.2, 0.25) is 11.8 Å². The molecule has 1 aromatic carbocycles. The smallest absolute Gasteiger partial charge is 0.237 e. The lowest BCUT2D eigenvalue weighted by Gasteiger charge is -2.04. The SMILES string of the molecule is Cc1ccc(-c2nc(CS(=O)CC(=O)Nc3cccnc3)c(C)o2)cc1. The molecule has 0 spiro atoms. The predicted molar refractivity (Wildman–Crippen MR) is 101 cm³/mol. The summed E-state index contributed by atoms with van der Waals surface area (Å²) < 4.78 is 18.0. The zero-order valence-electron chi connectivity index (χ0n) is 14.6. The van der Waals surface area contributed by atoms with Crippen LogP contribution in [0.4, 0.5) is 5.69 Å². The second-order valence-corrected chi connectivity index (χ2v) is 7.36. The summed E-state index contributed by atoms with van der Waals surface area (Å²) in [5.41, 5.74) is 3.20. The van der Waals surface area contributed by atoms with Crippen molar-refractivity contribution in [2.24, 2.45) is 0 Å². The number of aromatic nitrogens is 2. The number of oxazole rings is 1. The number of carbonyl (C=O) groups is 1. The molecule has 2 heterocycles. The first kappa shape index (κ1) is 18.0. The molecule has 2 aromatic heterocycles. The van der Waals surface area contributed by atoms with E-state index in [-0.39, 0.29) is 17.4 Å². The van der Waals surface area contributed by atoms with Crippen LogP contribution in [0.1, 0.15) is 17.0 Å². The van der Waals surface area contributed by atoms with E-state index in [1.807, 2.05) is 31.2 Å². The van der Waals surface area contributed by atoms with Crippen molar-refractivity contribution in [1.82, 2.24) is 9.97 Å². The molecule has 1 N–H and O–H groups in total. The zero-order chi connectivity index (χ0) is 18.5. The Bertz CT molecular complexity index is 921. The molecule has 0 saturated heterocycles. The van der Waals surface area contributed by atoms with Crippen LogP contribution in [0.15, 0.2) is 53.2 Å². The van der Waals surface area contributed by atoms with Gasteiger partial charge >= 0.3 is 0 Å². The lowest BCUT2D eigenvalue weighted by Crippen LogP contribution is -2.20. The topological polar surface area (TPSA) is 85.1 Å². The number of rotatable bonds is 6. The number of nitrogens with zero attached hydrogens (tertiary/aromatic N) is 2. The number of pyridine rings is 1. The van der Waals surface area contributed by atoms with Gasteiger partial charge in [-0.25, -0.2) is 4.98 Å². The molecule has 26 heavy (non-hydrogen) atoms. The van der Waals surface area contributed by atoms with Crippen molar-refractivity contribution in [3.63, 3.8) is 0 Å². The summed E-state index contributed by atoms with van der Waals surface area (Å²) >= 11 is 0. The van der Waals surface area contributed by atoms with Gasteiger partial charge in [-0.3, -0.25) is 14.0 Å². The molecule has 0 radical (unpaired) electrons. The fourth-order valence-corrected chi connectivity index (χ4v) is 3.40. The van der Waals surface area contributed by atoms with Crippen LogP contribution in [0.2, 0.25) is 0 Å². The molecule has 134 valence electrons. The number of hydrogen-bond acceptors (Lipinski definition) is 5. The van der Waals surface area contributed by atoms with E-state index in [2.05, 4.69) is 15.3 Å². The highest BCUT2D eigenvalue weighted by molar-refractivity contribution is 7.84. The van der Waals surface area contributed by atoms with E-state index in [0.717, 1.165) is 11.1 Å². The Labute approximate surface area is 154 Å². The molecule has 1 atom stereocenters. The maximum Gasteiger partial charge on any atom is 0.237 e. The molecular weight excluding hydrogens is 350 g/mol. The lowest BCUT2D eigenvalue weighted by molar-refractivity contribution is -0.113. The Kier molecular flexibility index (Phi) is 5.58. The summed E-state index contributed by atoms with van der Waals surface area (Å²) in [5, 5.41) is 2.67. The predicted octanol–water partition coefficient (Wildman–Crippen LogP) is 3.24. The van der Waals surface area contributed by atoms with E-state index in [1.165, 1.54) is 6.20 Å². The Morgan fingerprint density at radius 1 is 1.19 bits per heavy atom. The molecular formula is C19H19N3O3S. The van der Waals surface area contributed by atoms with Gasteiger partial charge in [-0.2, -0.15) is 0 Å². The molecule has 1 unspecified atom stereocenters. The van der Waals surface area contributed by atoms with Crippen molar-refractivity contribution < 1.29 is 13.4 Å². The summed E-state index contributed by atoms with van der Waals surface area (Å²) in [5.74, 6) is 0.843. The number of aryl methyl sites for hydroxylation is 2. The van der Waals surface area contributed by atoms with Gasteiger partial charge in [-0.1, -0.05) is 17.7 Å². The molecule has 3 aromatic rings. The second-order valence-electron chi connectivity index (χ2n) is 5.91. The Hall–Kier alpha value is -2.80. The van der Waals surface area contributed by atoms with Crippen molar-refractivity contribution >= 4 is 22.4 Å². The Morgan fingerprint density at radius 2 is 1.96 bits per heavy atom. The highest BCUT2D eigenvalue weighted by Crippen LogP contribution is 2.23. The number of anilines is 1. The standard InChI is InChI=1S/C19H19N3O3S/c1-13-5-7-15(8-6-13)19-22-17(14(2)25-19)11-26(24)12-18(23)21-16-4-3-9-20-10-16/h3-10H,11-12H2,1-2H3,(H,21,23). The van der Waals surface area contributed by atoms with E-state index >= 15 is 0 Å². The highest BCUT2D eigenvalue weighted by Gasteiger charge is 2.16. The van der Waals surface area contributed by atoms with E-state index in [4.69, 9.17) is 4.42 Å². The van der Waals surface area contributed by atoms with Crippen LogP contribution in [-0.4, -0.2) is 25.8 Å². The minimum absolute atomic E-state index is 0.110. The van der Waals surface area contributed by atoms with E-state index in [0.29, 0.717) is 23.0 Å². The molecule has 3 rings (SSSR count). The van der Waals surface area contributed by atoms with Gasteiger partial charge in [0, 0.05) is 22.6 Å². The van der Waals surface area contributed by atoms with Crippen LogP contribution in [0.5, 0.6) is 0 Å². The van der Waals surface area contributed by atoms with E-state index in [1.54, 1.807) is 25.3 Å². The molecule has 1 amide bonds. The first-order valence-electron chi connectivity index (χ1n) is 8.09. The van der Waals surface area contributed by atoms with Gasteiger partial charge < -0.3 is 9.73 Å². The molecule has 7 heteroatoms. The number of hydrogen-bond donors (Lipinski definition) is 1. The van der Waals surface area contributed by atoms with Crippen molar-refractivity contribution in [2.45, 2.75) is 19.6 Å². The van der Waals surface area contributed by atoms with Gasteiger partial charge in [-0.15, -0.1) is 0 Å². The molecule has 0 aliphatic heterocycles. The third-order valence-corrected chi connectivity index (χ3v) is 4.91. The van der Waals surface area contributed by atoms with Crippen LogP contribution >= 0.6 is 0 Å². The van der Waals surface area contributed by atoms with Crippen LogP contribution in [0, 0.1) is 13.8 Å². The molecule has 0 bridgehead atoms. The number of benzene rings is 1. The number of nitrogens with one attached hydrogen (secondary N) is 1. The minimum atomic E-state index is -1.39. The molecule has 0 aliphatic rings.